The Morgan fingerprint density at radius 2 is 1.96 bits per heavy atom. The highest BCUT2D eigenvalue weighted by atomic mass is 79.9. The highest BCUT2D eigenvalue weighted by Gasteiger charge is 2.38. The van der Waals surface area contributed by atoms with Crippen molar-refractivity contribution in [2.24, 2.45) is 0 Å². The van der Waals surface area contributed by atoms with Gasteiger partial charge in [0.15, 0.2) is 0 Å². The Bertz CT molecular complexity index is 811. The zero-order valence-electron chi connectivity index (χ0n) is 11.7. The van der Waals surface area contributed by atoms with Crippen LogP contribution in [0.1, 0.15) is 18.2 Å². The van der Waals surface area contributed by atoms with Crippen LogP contribution < -0.4 is 5.32 Å². The van der Waals surface area contributed by atoms with Gasteiger partial charge in [0, 0.05) is 12.0 Å². The third kappa shape index (κ3) is 3.83. The van der Waals surface area contributed by atoms with Crippen LogP contribution in [-0.4, -0.2) is 10.3 Å². The van der Waals surface area contributed by atoms with Gasteiger partial charge in [0.1, 0.15) is 10.6 Å². The van der Waals surface area contributed by atoms with Gasteiger partial charge in [-0.25, -0.2) is 0 Å². The first kappa shape index (κ1) is 19.8. The summed E-state index contributed by atoms with van der Waals surface area (Å²) in [6.45, 7) is 1.64. The number of nitrogens with one attached hydrogen (secondary N) is 1. The van der Waals surface area contributed by atoms with Crippen molar-refractivity contribution < 1.29 is 18.0 Å². The molecule has 2 aromatic rings. The number of nitrogens with zero attached hydrogens (tertiary/aromatic N) is 1. The SMILES string of the molecule is CCC(=O)Nc1c(Cl)cc(Cl)c(-c2nsc(C(F)(F)F)c2Cl)c1Br. The standard InChI is InChI=1S/C13H7BrCl3F3N2OS/c1-2-6(23)21-10-5(16)3-4(15)7(8(10)14)11-9(17)12(24-22-11)13(18,19)20/h3H,2H2,1H3,(H,21,23). The second-order valence-corrected chi connectivity index (χ2v) is 7.24. The molecule has 0 spiro atoms. The molecule has 0 bridgehead atoms. The van der Waals surface area contributed by atoms with Gasteiger partial charge in [0.05, 0.1) is 25.2 Å². The minimum Gasteiger partial charge on any atom is -0.324 e. The maximum atomic E-state index is 12.9. The zero-order valence-corrected chi connectivity index (χ0v) is 16.4. The predicted molar refractivity (Wildman–Crippen MR) is 94.2 cm³/mol. The molecule has 0 fully saturated rings. The largest absolute Gasteiger partial charge is 0.428 e. The summed E-state index contributed by atoms with van der Waals surface area (Å²) in [6, 6.07) is 1.30. The van der Waals surface area contributed by atoms with E-state index in [1.165, 1.54) is 6.07 Å². The second-order valence-electron chi connectivity index (χ2n) is 4.48. The molecule has 1 aromatic heterocycles. The molecule has 24 heavy (non-hydrogen) atoms. The van der Waals surface area contributed by atoms with Gasteiger partial charge in [0.2, 0.25) is 5.91 Å². The first-order valence-corrected chi connectivity index (χ1v) is 8.98. The van der Waals surface area contributed by atoms with E-state index in [1.807, 2.05) is 0 Å². The van der Waals surface area contributed by atoms with E-state index in [-0.39, 0.29) is 55.3 Å². The van der Waals surface area contributed by atoms with Gasteiger partial charge in [0.25, 0.3) is 0 Å². The van der Waals surface area contributed by atoms with Gasteiger partial charge in [-0.3, -0.25) is 4.79 Å². The Kier molecular flexibility index (Phi) is 6.08. The normalized spacial score (nSPS) is 11.7. The van der Waals surface area contributed by atoms with Crippen molar-refractivity contribution in [1.29, 1.82) is 0 Å². The van der Waals surface area contributed by atoms with Crippen LogP contribution in [0.5, 0.6) is 0 Å². The molecule has 1 amide bonds. The van der Waals surface area contributed by atoms with Gasteiger partial charge in [-0.15, -0.1) is 0 Å². The van der Waals surface area contributed by atoms with Gasteiger partial charge in [-0.1, -0.05) is 41.7 Å². The highest BCUT2D eigenvalue weighted by molar-refractivity contribution is 9.10. The van der Waals surface area contributed by atoms with Crippen LogP contribution in [0.4, 0.5) is 18.9 Å². The molecule has 0 aliphatic rings. The summed E-state index contributed by atoms with van der Waals surface area (Å²) in [5.41, 5.74) is 0.152. The number of anilines is 1. The number of aromatic nitrogens is 1. The van der Waals surface area contributed by atoms with Crippen LogP contribution >= 0.6 is 62.3 Å². The molecule has 0 saturated heterocycles. The first-order chi connectivity index (χ1) is 11.1. The maximum absolute atomic E-state index is 12.9. The number of rotatable bonds is 3. The van der Waals surface area contributed by atoms with E-state index < -0.39 is 16.1 Å². The van der Waals surface area contributed by atoms with Crippen molar-refractivity contribution in [3.8, 4) is 11.3 Å². The first-order valence-electron chi connectivity index (χ1n) is 6.28. The molecule has 0 radical (unpaired) electrons. The van der Waals surface area contributed by atoms with Crippen LogP contribution in [0.25, 0.3) is 11.3 Å². The Hall–Kier alpha value is -0.540. The number of amides is 1. The zero-order chi connectivity index (χ0) is 18.2. The quantitative estimate of drug-likeness (QED) is 0.517. The fourth-order valence-corrected chi connectivity index (χ4v) is 4.35. The Morgan fingerprint density at radius 1 is 1.33 bits per heavy atom. The average molecular weight is 483 g/mol. The summed E-state index contributed by atoms with van der Waals surface area (Å²) in [5.74, 6) is -0.328. The second kappa shape index (κ2) is 7.37. The third-order valence-electron chi connectivity index (χ3n) is 2.89. The Balaban J connectivity index is 2.66. The van der Waals surface area contributed by atoms with Crippen molar-refractivity contribution in [1.82, 2.24) is 4.37 Å². The van der Waals surface area contributed by atoms with E-state index in [0.717, 1.165) is 0 Å². The fourth-order valence-electron chi connectivity index (χ4n) is 1.76. The van der Waals surface area contributed by atoms with Gasteiger partial charge in [-0.05, 0) is 33.5 Å². The van der Waals surface area contributed by atoms with E-state index in [1.54, 1.807) is 6.92 Å². The number of carbonyl (C=O) groups excluding carboxylic acids is 1. The van der Waals surface area contributed by atoms with Crippen LogP contribution in [0, 0.1) is 0 Å². The fraction of sp³-hybridized carbons (Fsp3) is 0.231. The summed E-state index contributed by atoms with van der Waals surface area (Å²) in [4.78, 5) is 10.6. The lowest BCUT2D eigenvalue weighted by atomic mass is 10.1. The number of halogens is 7. The molecule has 0 unspecified atom stereocenters. The lowest BCUT2D eigenvalue weighted by Crippen LogP contribution is -2.11. The molecule has 0 aliphatic carbocycles. The number of hydrogen-bond donors (Lipinski definition) is 1. The minimum atomic E-state index is -4.63. The summed E-state index contributed by atoms with van der Waals surface area (Å²) >= 11 is 21.4. The van der Waals surface area contributed by atoms with E-state index in [4.69, 9.17) is 34.8 Å². The molecule has 130 valence electrons. The van der Waals surface area contributed by atoms with Crippen molar-refractivity contribution in [3.63, 3.8) is 0 Å². The van der Waals surface area contributed by atoms with Crippen molar-refractivity contribution in [2.75, 3.05) is 5.32 Å². The van der Waals surface area contributed by atoms with Gasteiger partial charge >= 0.3 is 6.18 Å². The molecular formula is C13H7BrCl3F3N2OS. The summed E-state index contributed by atoms with van der Waals surface area (Å²) in [7, 11) is 0. The summed E-state index contributed by atoms with van der Waals surface area (Å²) in [5, 5.41) is 2.16. The summed E-state index contributed by atoms with van der Waals surface area (Å²) < 4.78 is 42.7. The van der Waals surface area contributed by atoms with Gasteiger partial charge in [-0.2, -0.15) is 17.5 Å². The van der Waals surface area contributed by atoms with E-state index in [9.17, 15) is 18.0 Å². The van der Waals surface area contributed by atoms with Crippen LogP contribution in [0.15, 0.2) is 10.5 Å². The predicted octanol–water partition coefficient (Wildman–Crippen LogP) is 6.90. The number of benzene rings is 1. The van der Waals surface area contributed by atoms with Gasteiger partial charge < -0.3 is 5.32 Å². The minimum absolute atomic E-state index is 0.0438. The highest BCUT2D eigenvalue weighted by Crippen LogP contribution is 2.49. The van der Waals surface area contributed by atoms with Crippen molar-refractivity contribution >= 4 is 73.9 Å². The lowest BCUT2D eigenvalue weighted by molar-refractivity contribution is -0.134. The lowest BCUT2D eigenvalue weighted by Gasteiger charge is -2.14. The monoisotopic (exact) mass is 480 g/mol. The van der Waals surface area contributed by atoms with Crippen LogP contribution in [0.2, 0.25) is 15.1 Å². The number of hydrogen-bond acceptors (Lipinski definition) is 3. The third-order valence-corrected chi connectivity index (χ3v) is 5.65. The van der Waals surface area contributed by atoms with E-state index >= 15 is 0 Å². The Labute approximate surface area is 162 Å². The van der Waals surface area contributed by atoms with Crippen molar-refractivity contribution in [2.45, 2.75) is 19.5 Å². The Morgan fingerprint density at radius 3 is 2.46 bits per heavy atom. The summed E-state index contributed by atoms with van der Waals surface area (Å²) in [6.07, 6.45) is -4.44. The molecule has 1 N–H and O–H groups in total. The molecule has 0 aliphatic heterocycles. The van der Waals surface area contributed by atoms with E-state index in [2.05, 4.69) is 25.6 Å². The molecule has 3 nitrogen and oxygen atoms in total. The number of alkyl halides is 3. The smallest absolute Gasteiger partial charge is 0.324 e. The average Bonchev–Trinajstić information content (AvgIpc) is 2.85. The molecule has 11 heteroatoms. The van der Waals surface area contributed by atoms with Crippen molar-refractivity contribution in [3.05, 3.63) is 30.5 Å². The van der Waals surface area contributed by atoms with Crippen LogP contribution in [0.3, 0.4) is 0 Å². The molecule has 2 rings (SSSR count). The topological polar surface area (TPSA) is 42.0 Å². The molecule has 0 atom stereocenters. The molecular weight excluding hydrogens is 475 g/mol. The maximum Gasteiger partial charge on any atom is 0.428 e. The van der Waals surface area contributed by atoms with Crippen LogP contribution in [-0.2, 0) is 11.0 Å². The van der Waals surface area contributed by atoms with E-state index in [0.29, 0.717) is 0 Å². The molecule has 1 aromatic carbocycles. The molecule has 1 heterocycles. The number of carbonyl (C=O) groups is 1. The molecule has 0 saturated carbocycles.